The van der Waals surface area contributed by atoms with Crippen LogP contribution in [0.4, 0.5) is 5.95 Å². The molecule has 4 heterocycles. The third-order valence-corrected chi connectivity index (χ3v) is 6.69. The van der Waals surface area contributed by atoms with Gasteiger partial charge in [0.1, 0.15) is 5.75 Å². The van der Waals surface area contributed by atoms with E-state index in [2.05, 4.69) is 19.9 Å². The molecule has 2 fully saturated rings. The Bertz CT molecular complexity index is 877. The molecule has 2 aliphatic heterocycles. The smallest absolute Gasteiger partial charge is 0.225 e. The molecule has 0 saturated carbocycles. The average Bonchev–Trinajstić information content (AvgIpc) is 2.98. The van der Waals surface area contributed by atoms with Crippen LogP contribution in [0, 0.1) is 0 Å². The first kappa shape index (κ1) is 17.2. The highest BCUT2D eigenvalue weighted by atomic mass is 32.2. The van der Waals surface area contributed by atoms with Crippen LogP contribution in [0.25, 0.3) is 0 Å². The van der Waals surface area contributed by atoms with Gasteiger partial charge in [-0.1, -0.05) is 0 Å². The number of fused-ring (bicyclic) bond motifs is 1. The zero-order chi connectivity index (χ0) is 18.1. The molecule has 8 nitrogen and oxygen atoms in total. The highest BCUT2D eigenvalue weighted by molar-refractivity contribution is 7.91. The SMILES string of the molecule is COc1ccnc(CN2CCN(c3ncccn3)[C@@H]3CS(=O)(=O)C[C@@H]32)c1. The van der Waals surface area contributed by atoms with E-state index in [1.54, 1.807) is 37.8 Å². The number of hydrogen-bond donors (Lipinski definition) is 0. The first-order valence-electron chi connectivity index (χ1n) is 8.53. The minimum Gasteiger partial charge on any atom is -0.497 e. The van der Waals surface area contributed by atoms with Gasteiger partial charge < -0.3 is 9.64 Å². The number of anilines is 1. The Hall–Kier alpha value is -2.26. The maximum Gasteiger partial charge on any atom is 0.225 e. The second-order valence-electron chi connectivity index (χ2n) is 6.61. The predicted octanol–water partition coefficient (Wildman–Crippen LogP) is 0.368. The normalized spacial score (nSPS) is 25.0. The van der Waals surface area contributed by atoms with E-state index in [9.17, 15) is 8.42 Å². The number of pyridine rings is 1. The molecule has 2 aliphatic rings. The lowest BCUT2D eigenvalue weighted by Gasteiger charge is -2.43. The van der Waals surface area contributed by atoms with Crippen molar-refractivity contribution in [1.82, 2.24) is 19.9 Å². The van der Waals surface area contributed by atoms with E-state index in [-0.39, 0.29) is 23.6 Å². The van der Waals surface area contributed by atoms with Gasteiger partial charge in [0.25, 0.3) is 0 Å². The second kappa shape index (κ2) is 6.81. The Labute approximate surface area is 152 Å². The Balaban J connectivity index is 1.59. The molecule has 26 heavy (non-hydrogen) atoms. The summed E-state index contributed by atoms with van der Waals surface area (Å²) >= 11 is 0. The second-order valence-corrected chi connectivity index (χ2v) is 8.77. The van der Waals surface area contributed by atoms with Crippen LogP contribution in [0.3, 0.4) is 0 Å². The van der Waals surface area contributed by atoms with Crippen molar-refractivity contribution < 1.29 is 13.2 Å². The molecule has 0 amide bonds. The summed E-state index contributed by atoms with van der Waals surface area (Å²) < 4.78 is 29.9. The fraction of sp³-hybridized carbons (Fsp3) is 0.471. The van der Waals surface area contributed by atoms with Crippen LogP contribution >= 0.6 is 0 Å². The van der Waals surface area contributed by atoms with Crippen molar-refractivity contribution >= 4 is 15.8 Å². The Morgan fingerprint density at radius 2 is 1.88 bits per heavy atom. The molecule has 0 bridgehead atoms. The Morgan fingerprint density at radius 1 is 1.12 bits per heavy atom. The summed E-state index contributed by atoms with van der Waals surface area (Å²) in [7, 11) is -1.47. The molecular weight excluding hydrogens is 354 g/mol. The standard InChI is InChI=1S/C17H21N5O3S/c1-25-14-3-6-18-13(9-14)10-21-7-8-22(17-19-4-2-5-20-17)16-12-26(23,24)11-15(16)21/h2-6,9,15-16H,7-8,10-12H2,1H3/t15-,16+/m0/s1. The minimum atomic E-state index is -3.09. The van der Waals surface area contributed by atoms with Gasteiger partial charge in [0.15, 0.2) is 9.84 Å². The molecule has 0 aliphatic carbocycles. The number of hydrogen-bond acceptors (Lipinski definition) is 8. The molecule has 138 valence electrons. The fourth-order valence-corrected chi connectivity index (χ4v) is 5.80. The summed E-state index contributed by atoms with van der Waals surface area (Å²) in [5.74, 6) is 1.64. The van der Waals surface area contributed by atoms with Gasteiger partial charge in [0, 0.05) is 50.3 Å². The summed E-state index contributed by atoms with van der Waals surface area (Å²) in [6.07, 6.45) is 5.09. The summed E-state index contributed by atoms with van der Waals surface area (Å²) in [6, 6.07) is 5.23. The summed E-state index contributed by atoms with van der Waals surface area (Å²) in [5.41, 5.74) is 0.872. The largest absolute Gasteiger partial charge is 0.497 e. The highest BCUT2D eigenvalue weighted by Gasteiger charge is 2.47. The van der Waals surface area contributed by atoms with E-state index >= 15 is 0 Å². The van der Waals surface area contributed by atoms with Gasteiger partial charge in [0.2, 0.25) is 5.95 Å². The predicted molar refractivity (Wildman–Crippen MR) is 96.8 cm³/mol. The van der Waals surface area contributed by atoms with Gasteiger partial charge in [-0.25, -0.2) is 18.4 Å². The molecule has 0 aromatic carbocycles. The number of nitrogens with zero attached hydrogens (tertiary/aromatic N) is 5. The molecule has 4 rings (SSSR count). The Morgan fingerprint density at radius 3 is 2.65 bits per heavy atom. The zero-order valence-corrected chi connectivity index (χ0v) is 15.3. The van der Waals surface area contributed by atoms with Gasteiger partial charge in [-0.3, -0.25) is 9.88 Å². The number of rotatable bonds is 4. The average molecular weight is 375 g/mol. The summed E-state index contributed by atoms with van der Waals surface area (Å²) in [5, 5.41) is 0. The summed E-state index contributed by atoms with van der Waals surface area (Å²) in [4.78, 5) is 17.3. The van der Waals surface area contributed by atoms with Crippen LogP contribution < -0.4 is 9.64 Å². The highest BCUT2D eigenvalue weighted by Crippen LogP contribution is 2.30. The van der Waals surface area contributed by atoms with Crippen LogP contribution in [-0.2, 0) is 16.4 Å². The fourth-order valence-electron chi connectivity index (χ4n) is 3.79. The minimum absolute atomic E-state index is 0.0921. The Kier molecular flexibility index (Phi) is 4.49. The number of piperazine rings is 1. The topological polar surface area (TPSA) is 88.5 Å². The van der Waals surface area contributed by atoms with E-state index < -0.39 is 9.84 Å². The van der Waals surface area contributed by atoms with Crippen LogP contribution in [0.1, 0.15) is 5.69 Å². The molecule has 0 N–H and O–H groups in total. The van der Waals surface area contributed by atoms with Crippen LogP contribution in [-0.4, -0.2) is 72.1 Å². The quantitative estimate of drug-likeness (QED) is 0.757. The molecule has 0 radical (unpaired) electrons. The first-order chi connectivity index (χ1) is 12.6. The number of aromatic nitrogens is 3. The van der Waals surface area contributed by atoms with Crippen LogP contribution in [0.5, 0.6) is 5.75 Å². The van der Waals surface area contributed by atoms with E-state index in [0.29, 0.717) is 19.0 Å². The van der Waals surface area contributed by atoms with Crippen molar-refractivity contribution in [2.75, 3.05) is 36.6 Å². The zero-order valence-electron chi connectivity index (χ0n) is 14.5. The lowest BCUT2D eigenvalue weighted by atomic mass is 10.0. The van der Waals surface area contributed by atoms with Crippen LogP contribution in [0.2, 0.25) is 0 Å². The van der Waals surface area contributed by atoms with Crippen molar-refractivity contribution in [3.8, 4) is 5.75 Å². The maximum absolute atomic E-state index is 12.3. The lowest BCUT2D eigenvalue weighted by Crippen LogP contribution is -2.59. The van der Waals surface area contributed by atoms with Gasteiger partial charge >= 0.3 is 0 Å². The molecule has 9 heteroatoms. The van der Waals surface area contributed by atoms with E-state index in [4.69, 9.17) is 4.74 Å². The van der Waals surface area contributed by atoms with Gasteiger partial charge in [-0.05, 0) is 12.1 Å². The van der Waals surface area contributed by atoms with Gasteiger partial charge in [-0.15, -0.1) is 0 Å². The molecule has 0 unspecified atom stereocenters. The monoisotopic (exact) mass is 375 g/mol. The number of methoxy groups -OCH3 is 1. The van der Waals surface area contributed by atoms with Crippen molar-refractivity contribution in [2.24, 2.45) is 0 Å². The van der Waals surface area contributed by atoms with Crippen LogP contribution in [0.15, 0.2) is 36.8 Å². The number of sulfone groups is 1. The summed E-state index contributed by atoms with van der Waals surface area (Å²) in [6.45, 7) is 2.01. The number of ether oxygens (including phenoxy) is 1. The first-order valence-corrected chi connectivity index (χ1v) is 10.3. The third-order valence-electron chi connectivity index (χ3n) is 4.99. The van der Waals surface area contributed by atoms with Gasteiger partial charge in [-0.2, -0.15) is 0 Å². The molecule has 2 aromatic rings. The lowest BCUT2D eigenvalue weighted by molar-refractivity contribution is 0.157. The molecule has 0 spiro atoms. The van der Waals surface area contributed by atoms with Crippen molar-refractivity contribution in [3.05, 3.63) is 42.5 Å². The van der Waals surface area contributed by atoms with E-state index in [0.717, 1.165) is 18.0 Å². The molecule has 2 saturated heterocycles. The molecular formula is C17H21N5O3S. The maximum atomic E-state index is 12.3. The molecule has 2 atom stereocenters. The van der Waals surface area contributed by atoms with Gasteiger partial charge in [0.05, 0.1) is 30.4 Å². The van der Waals surface area contributed by atoms with Crippen molar-refractivity contribution in [2.45, 2.75) is 18.6 Å². The van der Waals surface area contributed by atoms with E-state index in [1.165, 1.54) is 0 Å². The third kappa shape index (κ3) is 3.36. The van der Waals surface area contributed by atoms with Crippen molar-refractivity contribution in [1.29, 1.82) is 0 Å². The molecule has 2 aromatic heterocycles. The van der Waals surface area contributed by atoms with Crippen molar-refractivity contribution in [3.63, 3.8) is 0 Å². The van der Waals surface area contributed by atoms with E-state index in [1.807, 2.05) is 11.0 Å².